The molecule has 1 aliphatic rings. The van der Waals surface area contributed by atoms with Gasteiger partial charge in [-0.3, -0.25) is 9.69 Å². The fraction of sp³-hybridized carbons (Fsp3) is 0.333. The van der Waals surface area contributed by atoms with Crippen LogP contribution in [0, 0.1) is 0 Å². The van der Waals surface area contributed by atoms with Crippen LogP contribution in [0.5, 0.6) is 0 Å². The summed E-state index contributed by atoms with van der Waals surface area (Å²) in [4.78, 5) is 31.5. The van der Waals surface area contributed by atoms with E-state index in [1.807, 2.05) is 74.6 Å². The first-order valence-electron chi connectivity index (χ1n) is 14.0. The first-order valence-corrected chi connectivity index (χ1v) is 14.0. The van der Waals surface area contributed by atoms with Crippen molar-refractivity contribution in [1.29, 1.82) is 0 Å². The molecule has 1 aliphatic heterocycles. The topological polar surface area (TPSA) is 70.7 Å². The number of anilines is 2. The van der Waals surface area contributed by atoms with Crippen LogP contribution in [0.25, 0.3) is 5.69 Å². The zero-order valence-corrected chi connectivity index (χ0v) is 24.1. The van der Waals surface area contributed by atoms with E-state index in [1.54, 1.807) is 16.1 Å². The minimum atomic E-state index is -0.460. The van der Waals surface area contributed by atoms with Crippen molar-refractivity contribution in [2.45, 2.75) is 65.5 Å². The molecule has 5 rings (SSSR count). The SMILES string of the molecule is CC(C)c1cccc(C(C)C)c1NC(=O)N(CC(=O)N1c2ccccc2-n2cccc2C1c1ccco1)C(C)C. The molecule has 0 spiro atoms. The van der Waals surface area contributed by atoms with Crippen LogP contribution in [-0.4, -0.2) is 34.0 Å². The van der Waals surface area contributed by atoms with Crippen LogP contribution in [0.15, 0.2) is 83.6 Å². The highest BCUT2D eigenvalue weighted by Crippen LogP contribution is 2.42. The molecule has 0 aliphatic carbocycles. The van der Waals surface area contributed by atoms with Crippen molar-refractivity contribution in [3.8, 4) is 5.69 Å². The van der Waals surface area contributed by atoms with Crippen LogP contribution < -0.4 is 10.2 Å². The number of nitrogens with one attached hydrogen (secondary N) is 1. The molecule has 3 heterocycles. The molecule has 0 saturated carbocycles. The van der Waals surface area contributed by atoms with E-state index >= 15 is 0 Å². The molecule has 3 amide bonds. The van der Waals surface area contributed by atoms with Crippen molar-refractivity contribution in [3.63, 3.8) is 0 Å². The van der Waals surface area contributed by atoms with Gasteiger partial charge in [0.1, 0.15) is 18.3 Å². The number of furan rings is 1. The van der Waals surface area contributed by atoms with Crippen LogP contribution in [0.1, 0.15) is 82.0 Å². The van der Waals surface area contributed by atoms with Crippen LogP contribution in [0.4, 0.5) is 16.2 Å². The summed E-state index contributed by atoms with van der Waals surface area (Å²) in [6.07, 6.45) is 3.62. The summed E-state index contributed by atoms with van der Waals surface area (Å²) < 4.78 is 7.94. The van der Waals surface area contributed by atoms with Gasteiger partial charge in [-0.1, -0.05) is 58.0 Å². The molecule has 1 unspecified atom stereocenters. The Hall–Kier alpha value is -4.26. The maximum absolute atomic E-state index is 14.3. The number of carbonyl (C=O) groups is 2. The van der Waals surface area contributed by atoms with E-state index in [4.69, 9.17) is 4.42 Å². The van der Waals surface area contributed by atoms with Gasteiger partial charge >= 0.3 is 6.03 Å². The number of carbonyl (C=O) groups excluding carboxylic acids is 2. The number of benzene rings is 2. The molecule has 7 heteroatoms. The number of fused-ring (bicyclic) bond motifs is 3. The van der Waals surface area contributed by atoms with Crippen LogP contribution in [0.3, 0.4) is 0 Å². The predicted molar refractivity (Wildman–Crippen MR) is 159 cm³/mol. The summed E-state index contributed by atoms with van der Waals surface area (Å²) in [5.41, 5.74) is 5.61. The molecule has 0 saturated heterocycles. The largest absolute Gasteiger partial charge is 0.467 e. The van der Waals surface area contributed by atoms with Crippen LogP contribution in [-0.2, 0) is 4.79 Å². The lowest BCUT2D eigenvalue weighted by Crippen LogP contribution is -2.49. The van der Waals surface area contributed by atoms with Crippen molar-refractivity contribution in [2.75, 3.05) is 16.8 Å². The van der Waals surface area contributed by atoms with Crippen molar-refractivity contribution in [3.05, 3.63) is 102 Å². The van der Waals surface area contributed by atoms with E-state index in [0.717, 1.165) is 33.9 Å². The lowest BCUT2D eigenvalue weighted by molar-refractivity contribution is -0.120. The highest BCUT2D eigenvalue weighted by Gasteiger charge is 2.38. The van der Waals surface area contributed by atoms with Gasteiger partial charge < -0.3 is 19.2 Å². The quantitative estimate of drug-likeness (QED) is 0.262. The Kier molecular flexibility index (Phi) is 7.57. The molecule has 0 fully saturated rings. The smallest absolute Gasteiger partial charge is 0.322 e. The number of hydrogen-bond donors (Lipinski definition) is 1. The summed E-state index contributed by atoms with van der Waals surface area (Å²) in [6, 6.07) is 20.7. The van der Waals surface area contributed by atoms with E-state index in [2.05, 4.69) is 49.7 Å². The van der Waals surface area contributed by atoms with Crippen molar-refractivity contribution in [2.24, 2.45) is 0 Å². The Morgan fingerprint density at radius 3 is 2.12 bits per heavy atom. The highest BCUT2D eigenvalue weighted by molar-refractivity contribution is 6.01. The molecular formula is C33H38N4O3. The maximum Gasteiger partial charge on any atom is 0.322 e. The first-order chi connectivity index (χ1) is 19.2. The summed E-state index contributed by atoms with van der Waals surface area (Å²) in [6.45, 7) is 12.3. The number of para-hydroxylation sites is 3. The molecule has 0 bridgehead atoms. The summed E-state index contributed by atoms with van der Waals surface area (Å²) in [5, 5.41) is 3.19. The van der Waals surface area contributed by atoms with Gasteiger partial charge in [0.15, 0.2) is 0 Å². The molecule has 1 N–H and O–H groups in total. The van der Waals surface area contributed by atoms with Crippen molar-refractivity contribution < 1.29 is 14.0 Å². The molecule has 2 aromatic carbocycles. The lowest BCUT2D eigenvalue weighted by atomic mass is 9.93. The molecule has 0 radical (unpaired) electrons. The zero-order valence-electron chi connectivity index (χ0n) is 24.1. The van der Waals surface area contributed by atoms with Gasteiger partial charge in [-0.05, 0) is 73.2 Å². The summed E-state index contributed by atoms with van der Waals surface area (Å²) >= 11 is 0. The maximum atomic E-state index is 14.3. The molecule has 208 valence electrons. The normalized spacial score (nSPS) is 14.4. The second-order valence-electron chi connectivity index (χ2n) is 11.2. The molecule has 2 aromatic heterocycles. The third kappa shape index (κ3) is 4.92. The van der Waals surface area contributed by atoms with Gasteiger partial charge in [0.05, 0.1) is 23.3 Å². The Bertz CT molecular complexity index is 1470. The van der Waals surface area contributed by atoms with Crippen LogP contribution >= 0.6 is 0 Å². The van der Waals surface area contributed by atoms with Gasteiger partial charge in [-0.2, -0.15) is 0 Å². The number of urea groups is 1. The van der Waals surface area contributed by atoms with Gasteiger partial charge in [0, 0.05) is 17.9 Å². The molecule has 4 aromatic rings. The lowest BCUT2D eigenvalue weighted by Gasteiger charge is -2.38. The van der Waals surface area contributed by atoms with Gasteiger partial charge in [-0.25, -0.2) is 4.79 Å². The Morgan fingerprint density at radius 1 is 0.850 bits per heavy atom. The van der Waals surface area contributed by atoms with E-state index in [-0.39, 0.29) is 36.4 Å². The number of amides is 3. The van der Waals surface area contributed by atoms with Gasteiger partial charge in [0.2, 0.25) is 5.91 Å². The fourth-order valence-electron chi connectivity index (χ4n) is 5.56. The Labute approximate surface area is 236 Å². The monoisotopic (exact) mass is 538 g/mol. The van der Waals surface area contributed by atoms with Gasteiger partial charge in [-0.15, -0.1) is 0 Å². The predicted octanol–water partition coefficient (Wildman–Crippen LogP) is 7.70. The van der Waals surface area contributed by atoms with Gasteiger partial charge in [0.25, 0.3) is 0 Å². The number of nitrogens with zero attached hydrogens (tertiary/aromatic N) is 3. The van der Waals surface area contributed by atoms with E-state index in [0.29, 0.717) is 5.76 Å². The average molecular weight is 539 g/mol. The second-order valence-corrected chi connectivity index (χ2v) is 11.2. The molecule has 1 atom stereocenters. The van der Waals surface area contributed by atoms with Crippen LogP contribution in [0.2, 0.25) is 0 Å². The van der Waals surface area contributed by atoms with Crippen molar-refractivity contribution >= 4 is 23.3 Å². The number of hydrogen-bond acceptors (Lipinski definition) is 3. The summed E-state index contributed by atoms with van der Waals surface area (Å²) in [7, 11) is 0. The minimum absolute atomic E-state index is 0.0867. The molecular weight excluding hydrogens is 500 g/mol. The van der Waals surface area contributed by atoms with E-state index < -0.39 is 6.04 Å². The van der Waals surface area contributed by atoms with Crippen molar-refractivity contribution in [1.82, 2.24) is 9.47 Å². The number of aromatic nitrogens is 1. The minimum Gasteiger partial charge on any atom is -0.467 e. The van der Waals surface area contributed by atoms with E-state index in [1.165, 1.54) is 0 Å². The average Bonchev–Trinajstić information content (AvgIpc) is 3.63. The summed E-state index contributed by atoms with van der Waals surface area (Å²) in [5.74, 6) is 0.943. The standard InChI is InChI=1S/C33H38N4O3/c1-21(2)24-12-9-13-25(22(3)4)31(24)34-33(39)36(23(5)6)20-30(38)37-27-15-8-7-14-26(27)35-18-10-16-28(35)32(37)29-17-11-19-40-29/h7-19,21-23,32H,20H2,1-6H3,(H,34,39). The van der Waals surface area contributed by atoms with E-state index in [9.17, 15) is 9.59 Å². The Morgan fingerprint density at radius 2 is 1.52 bits per heavy atom. The number of rotatable bonds is 7. The first kappa shape index (κ1) is 27.3. The molecule has 40 heavy (non-hydrogen) atoms. The molecule has 7 nitrogen and oxygen atoms in total. The third-order valence-corrected chi connectivity index (χ3v) is 7.60. The Balaban J connectivity index is 1.50. The third-order valence-electron chi connectivity index (χ3n) is 7.60. The zero-order chi connectivity index (χ0) is 28.6. The fourth-order valence-corrected chi connectivity index (χ4v) is 5.56. The second kappa shape index (κ2) is 11.1. The highest BCUT2D eigenvalue weighted by atomic mass is 16.3.